The van der Waals surface area contributed by atoms with Crippen LogP contribution < -0.4 is 4.72 Å². The van der Waals surface area contributed by atoms with E-state index in [2.05, 4.69) is 30.8 Å². The molecule has 0 radical (unpaired) electrons. The molecule has 0 aromatic carbocycles. The summed E-state index contributed by atoms with van der Waals surface area (Å²) in [6, 6.07) is 0. The van der Waals surface area contributed by atoms with E-state index in [1.165, 1.54) is 6.20 Å². The third kappa shape index (κ3) is 3.88. The number of nitrogens with one attached hydrogen (secondary N) is 2. The zero-order valence-electron chi connectivity index (χ0n) is 9.33. The Balaban J connectivity index is 2.51. The lowest BCUT2D eigenvalue weighted by atomic mass is 10.2. The largest absolute Gasteiger partial charge is 0.281 e. The SMILES string of the molecule is Cc1[nH]ncc1S(=O)(=O)NCCCC(C)Br. The standard InChI is InChI=1S/C9H16BrN3O2S/c1-7(10)4-3-5-12-16(14,15)9-6-11-13-8(9)2/h6-7,12H,3-5H2,1-2H3,(H,11,13). The van der Waals surface area contributed by atoms with Crippen molar-refractivity contribution >= 4 is 26.0 Å². The fourth-order valence-corrected chi connectivity index (χ4v) is 2.81. The Morgan fingerprint density at radius 1 is 1.62 bits per heavy atom. The van der Waals surface area contributed by atoms with Gasteiger partial charge in [0.2, 0.25) is 10.0 Å². The maximum atomic E-state index is 11.8. The molecule has 1 atom stereocenters. The molecule has 0 aliphatic heterocycles. The Bertz CT molecular complexity index is 428. The molecule has 0 saturated carbocycles. The molecule has 1 unspecified atom stereocenters. The van der Waals surface area contributed by atoms with Crippen LogP contribution in [-0.2, 0) is 10.0 Å². The molecule has 2 N–H and O–H groups in total. The normalized spacial score (nSPS) is 13.9. The second-order valence-corrected chi connectivity index (χ2v) is 6.98. The highest BCUT2D eigenvalue weighted by atomic mass is 79.9. The first-order valence-corrected chi connectivity index (χ1v) is 7.47. The average molecular weight is 310 g/mol. The average Bonchev–Trinajstić information content (AvgIpc) is 2.59. The van der Waals surface area contributed by atoms with Crippen molar-refractivity contribution < 1.29 is 8.42 Å². The van der Waals surface area contributed by atoms with Crippen molar-refractivity contribution in [3.8, 4) is 0 Å². The van der Waals surface area contributed by atoms with Crippen LogP contribution in [0.1, 0.15) is 25.5 Å². The zero-order valence-corrected chi connectivity index (χ0v) is 11.7. The van der Waals surface area contributed by atoms with E-state index >= 15 is 0 Å². The number of alkyl halides is 1. The molecule has 1 rings (SSSR count). The molecule has 1 heterocycles. The molecule has 0 aliphatic rings. The highest BCUT2D eigenvalue weighted by Crippen LogP contribution is 2.11. The van der Waals surface area contributed by atoms with E-state index in [0.717, 1.165) is 12.8 Å². The topological polar surface area (TPSA) is 74.8 Å². The third-order valence-electron chi connectivity index (χ3n) is 2.14. The van der Waals surface area contributed by atoms with E-state index in [0.29, 0.717) is 17.1 Å². The Kier molecular flexibility index (Phi) is 4.94. The van der Waals surface area contributed by atoms with Crippen LogP contribution in [-0.4, -0.2) is 30.0 Å². The molecule has 0 amide bonds. The minimum atomic E-state index is -3.40. The number of sulfonamides is 1. The molecule has 0 spiro atoms. The molecular weight excluding hydrogens is 294 g/mol. The van der Waals surface area contributed by atoms with Crippen LogP contribution in [0.15, 0.2) is 11.1 Å². The minimum absolute atomic E-state index is 0.222. The van der Waals surface area contributed by atoms with E-state index < -0.39 is 10.0 Å². The summed E-state index contributed by atoms with van der Waals surface area (Å²) in [5.41, 5.74) is 0.557. The quantitative estimate of drug-likeness (QED) is 0.618. The number of aromatic amines is 1. The Morgan fingerprint density at radius 3 is 2.81 bits per heavy atom. The molecule has 0 aliphatic carbocycles. The molecular formula is C9H16BrN3O2S. The summed E-state index contributed by atoms with van der Waals surface area (Å²) >= 11 is 3.41. The van der Waals surface area contributed by atoms with Crippen molar-refractivity contribution in [3.05, 3.63) is 11.9 Å². The van der Waals surface area contributed by atoms with E-state index in [-0.39, 0.29) is 4.90 Å². The van der Waals surface area contributed by atoms with Crippen LogP contribution in [0.25, 0.3) is 0 Å². The van der Waals surface area contributed by atoms with E-state index in [1.54, 1.807) is 6.92 Å². The van der Waals surface area contributed by atoms with Crippen LogP contribution in [0.3, 0.4) is 0 Å². The summed E-state index contributed by atoms with van der Waals surface area (Å²) in [6.45, 7) is 4.17. The maximum absolute atomic E-state index is 11.8. The van der Waals surface area contributed by atoms with Gasteiger partial charge in [-0.15, -0.1) is 0 Å². The third-order valence-corrected chi connectivity index (χ3v) is 4.18. The van der Waals surface area contributed by atoms with Gasteiger partial charge in [0.25, 0.3) is 0 Å². The van der Waals surface area contributed by atoms with Crippen molar-refractivity contribution in [3.63, 3.8) is 0 Å². The first-order chi connectivity index (χ1) is 7.43. The highest BCUT2D eigenvalue weighted by molar-refractivity contribution is 9.09. The molecule has 5 nitrogen and oxygen atoms in total. The molecule has 1 aromatic heterocycles. The van der Waals surface area contributed by atoms with Gasteiger partial charge in [0.15, 0.2) is 0 Å². The van der Waals surface area contributed by atoms with Gasteiger partial charge in [-0.05, 0) is 19.8 Å². The Morgan fingerprint density at radius 2 is 2.31 bits per heavy atom. The van der Waals surface area contributed by atoms with Crippen molar-refractivity contribution in [1.29, 1.82) is 0 Å². The first kappa shape index (κ1) is 13.7. The molecule has 0 saturated heterocycles. The molecule has 16 heavy (non-hydrogen) atoms. The van der Waals surface area contributed by atoms with Crippen LogP contribution in [0.4, 0.5) is 0 Å². The predicted octanol–water partition coefficient (Wildman–Crippen LogP) is 1.56. The number of aryl methyl sites for hydroxylation is 1. The van der Waals surface area contributed by atoms with Gasteiger partial charge in [0, 0.05) is 11.4 Å². The molecule has 7 heteroatoms. The number of nitrogens with zero attached hydrogens (tertiary/aromatic N) is 1. The number of rotatable bonds is 6. The fraction of sp³-hybridized carbons (Fsp3) is 0.667. The van der Waals surface area contributed by atoms with Crippen molar-refractivity contribution in [2.24, 2.45) is 0 Å². The lowest BCUT2D eigenvalue weighted by Crippen LogP contribution is -2.25. The maximum Gasteiger partial charge on any atom is 0.243 e. The van der Waals surface area contributed by atoms with E-state index in [9.17, 15) is 8.42 Å². The zero-order chi connectivity index (χ0) is 12.2. The van der Waals surface area contributed by atoms with Gasteiger partial charge in [-0.3, -0.25) is 5.10 Å². The van der Waals surface area contributed by atoms with Crippen LogP contribution in [0.2, 0.25) is 0 Å². The molecule has 0 bridgehead atoms. The summed E-state index contributed by atoms with van der Waals surface area (Å²) in [4.78, 5) is 0.632. The second kappa shape index (κ2) is 5.79. The highest BCUT2D eigenvalue weighted by Gasteiger charge is 2.17. The number of hydrogen-bond donors (Lipinski definition) is 2. The number of H-pyrrole nitrogens is 1. The van der Waals surface area contributed by atoms with Crippen molar-refractivity contribution in [1.82, 2.24) is 14.9 Å². The van der Waals surface area contributed by atoms with Crippen LogP contribution in [0, 0.1) is 6.92 Å². The van der Waals surface area contributed by atoms with Gasteiger partial charge in [-0.2, -0.15) is 5.10 Å². The lowest BCUT2D eigenvalue weighted by molar-refractivity contribution is 0.576. The van der Waals surface area contributed by atoms with Crippen LogP contribution in [0.5, 0.6) is 0 Å². The second-order valence-electron chi connectivity index (χ2n) is 3.68. The predicted molar refractivity (Wildman–Crippen MR) is 66.1 cm³/mol. The summed E-state index contributed by atoms with van der Waals surface area (Å²) < 4.78 is 26.1. The van der Waals surface area contributed by atoms with E-state index in [1.807, 2.05) is 6.92 Å². The van der Waals surface area contributed by atoms with Gasteiger partial charge >= 0.3 is 0 Å². The van der Waals surface area contributed by atoms with E-state index in [4.69, 9.17) is 0 Å². The summed E-state index contributed by atoms with van der Waals surface area (Å²) in [7, 11) is -3.40. The van der Waals surface area contributed by atoms with Crippen molar-refractivity contribution in [2.75, 3.05) is 6.54 Å². The fourth-order valence-electron chi connectivity index (χ4n) is 1.28. The monoisotopic (exact) mass is 309 g/mol. The molecule has 92 valence electrons. The summed E-state index contributed by atoms with van der Waals surface area (Å²) in [5.74, 6) is 0. The molecule has 0 fully saturated rings. The lowest BCUT2D eigenvalue weighted by Gasteiger charge is -2.06. The van der Waals surface area contributed by atoms with Gasteiger partial charge in [0.05, 0.1) is 11.9 Å². The van der Waals surface area contributed by atoms with Crippen molar-refractivity contribution in [2.45, 2.75) is 36.4 Å². The Hall–Kier alpha value is -0.400. The first-order valence-electron chi connectivity index (χ1n) is 5.07. The van der Waals surface area contributed by atoms with Gasteiger partial charge in [0.1, 0.15) is 4.90 Å². The van der Waals surface area contributed by atoms with Crippen LogP contribution >= 0.6 is 15.9 Å². The minimum Gasteiger partial charge on any atom is -0.281 e. The number of hydrogen-bond acceptors (Lipinski definition) is 3. The van der Waals surface area contributed by atoms with Gasteiger partial charge in [-0.1, -0.05) is 22.9 Å². The summed E-state index contributed by atoms with van der Waals surface area (Å²) in [6.07, 6.45) is 3.07. The van der Waals surface area contributed by atoms with Gasteiger partial charge < -0.3 is 0 Å². The smallest absolute Gasteiger partial charge is 0.243 e. The number of halogens is 1. The number of aromatic nitrogens is 2. The summed E-state index contributed by atoms with van der Waals surface area (Å²) in [5, 5.41) is 6.30. The Labute approximate surface area is 104 Å². The van der Waals surface area contributed by atoms with Gasteiger partial charge in [-0.25, -0.2) is 13.1 Å². The molecule has 1 aromatic rings.